The Labute approximate surface area is 163 Å². The summed E-state index contributed by atoms with van der Waals surface area (Å²) in [4.78, 5) is 0. The number of nitrogens with two attached hydrogens (primary N) is 2. The quantitative estimate of drug-likeness (QED) is 0.582. The molecule has 7 nitrogen and oxygen atoms in total. The molecular formula is C21H22N2O5. The fraction of sp³-hybridized carbons (Fsp3) is 0.143. The number of benzene rings is 3. The Morgan fingerprint density at radius 1 is 0.500 bits per heavy atom. The topological polar surface area (TPSA) is 98.2 Å². The van der Waals surface area contributed by atoms with Crippen molar-refractivity contribution in [3.63, 3.8) is 0 Å². The van der Waals surface area contributed by atoms with Gasteiger partial charge >= 0.3 is 0 Å². The van der Waals surface area contributed by atoms with E-state index >= 15 is 0 Å². The molecule has 0 heterocycles. The second kappa shape index (κ2) is 8.30. The molecule has 0 aliphatic carbocycles. The molecule has 0 amide bonds. The summed E-state index contributed by atoms with van der Waals surface area (Å²) in [5.74, 6) is 3.85. The zero-order valence-corrected chi connectivity index (χ0v) is 15.9. The van der Waals surface area contributed by atoms with Crippen molar-refractivity contribution >= 4 is 11.4 Å². The molecule has 3 aromatic carbocycles. The summed E-state index contributed by atoms with van der Waals surface area (Å²) in [5.41, 5.74) is 12.7. The third-order valence-corrected chi connectivity index (χ3v) is 4.01. The van der Waals surface area contributed by atoms with E-state index in [2.05, 4.69) is 0 Å². The van der Waals surface area contributed by atoms with Crippen molar-refractivity contribution in [2.24, 2.45) is 0 Å². The first-order valence-corrected chi connectivity index (χ1v) is 8.45. The van der Waals surface area contributed by atoms with Gasteiger partial charge in [0.05, 0.1) is 32.7 Å². The van der Waals surface area contributed by atoms with Crippen LogP contribution in [0.25, 0.3) is 0 Å². The molecule has 3 rings (SSSR count). The fourth-order valence-electron chi connectivity index (χ4n) is 2.57. The first kappa shape index (κ1) is 19.0. The molecule has 0 radical (unpaired) electrons. The Hall–Kier alpha value is -3.74. The van der Waals surface area contributed by atoms with E-state index in [0.717, 1.165) is 0 Å². The number of nitrogen functional groups attached to an aromatic ring is 2. The molecule has 3 aromatic rings. The smallest absolute Gasteiger partial charge is 0.169 e. The minimum atomic E-state index is 0.510. The van der Waals surface area contributed by atoms with Gasteiger partial charge in [-0.15, -0.1) is 0 Å². The summed E-state index contributed by atoms with van der Waals surface area (Å²) >= 11 is 0. The van der Waals surface area contributed by atoms with Gasteiger partial charge in [0.25, 0.3) is 0 Å². The molecule has 28 heavy (non-hydrogen) atoms. The third kappa shape index (κ3) is 4.15. The summed E-state index contributed by atoms with van der Waals surface area (Å²) in [6, 6.07) is 15.6. The lowest BCUT2D eigenvalue weighted by atomic mass is 10.2. The molecule has 146 valence electrons. The highest BCUT2D eigenvalue weighted by Crippen LogP contribution is 2.38. The molecule has 0 aliphatic rings. The molecule has 0 saturated heterocycles. The van der Waals surface area contributed by atoms with Crippen LogP contribution in [0.4, 0.5) is 11.4 Å². The first-order valence-electron chi connectivity index (χ1n) is 8.45. The largest absolute Gasteiger partial charge is 0.494 e. The van der Waals surface area contributed by atoms with Gasteiger partial charge in [-0.05, 0) is 36.4 Å². The summed E-state index contributed by atoms with van der Waals surface area (Å²) in [6.07, 6.45) is 0. The van der Waals surface area contributed by atoms with Gasteiger partial charge in [-0.1, -0.05) is 0 Å². The van der Waals surface area contributed by atoms with Crippen molar-refractivity contribution in [3.8, 4) is 40.2 Å². The Morgan fingerprint density at radius 2 is 0.929 bits per heavy atom. The molecule has 0 unspecified atom stereocenters. The molecule has 0 spiro atoms. The van der Waals surface area contributed by atoms with Crippen LogP contribution in [0.5, 0.6) is 40.2 Å². The molecular weight excluding hydrogens is 360 g/mol. The van der Waals surface area contributed by atoms with Crippen molar-refractivity contribution in [3.05, 3.63) is 54.6 Å². The van der Waals surface area contributed by atoms with Crippen LogP contribution in [0.15, 0.2) is 54.6 Å². The maximum atomic E-state index is 5.90. The standard InChI is InChI=1S/C21H22N2O5/c1-24-19-10-13(4-7-16(19)22)27-14-6-9-18(21(12-14)26-3)28-15-5-8-17(23)20(11-15)25-2/h4-12H,22-23H2,1-3H3. The van der Waals surface area contributed by atoms with Gasteiger partial charge in [-0.2, -0.15) is 0 Å². The highest BCUT2D eigenvalue weighted by molar-refractivity contribution is 5.58. The lowest BCUT2D eigenvalue weighted by Gasteiger charge is -2.14. The Kier molecular flexibility index (Phi) is 5.64. The third-order valence-electron chi connectivity index (χ3n) is 4.01. The highest BCUT2D eigenvalue weighted by atomic mass is 16.5. The van der Waals surface area contributed by atoms with Gasteiger partial charge < -0.3 is 35.2 Å². The summed E-state index contributed by atoms with van der Waals surface area (Å²) in [6.45, 7) is 0. The number of hydrogen-bond donors (Lipinski definition) is 2. The van der Waals surface area contributed by atoms with Crippen LogP contribution in [0, 0.1) is 0 Å². The molecule has 7 heteroatoms. The van der Waals surface area contributed by atoms with E-state index in [4.69, 9.17) is 35.2 Å². The lowest BCUT2D eigenvalue weighted by molar-refractivity contribution is 0.372. The fourth-order valence-corrected chi connectivity index (χ4v) is 2.57. The molecule has 0 aliphatic heterocycles. The molecule has 0 fully saturated rings. The average Bonchev–Trinajstić information content (AvgIpc) is 2.71. The molecule has 0 saturated carbocycles. The Balaban J connectivity index is 1.82. The van der Waals surface area contributed by atoms with E-state index in [1.807, 2.05) is 0 Å². The molecule has 4 N–H and O–H groups in total. The molecule has 0 atom stereocenters. The second-order valence-corrected chi connectivity index (χ2v) is 5.82. The van der Waals surface area contributed by atoms with E-state index in [1.54, 1.807) is 75.9 Å². The maximum absolute atomic E-state index is 5.90. The minimum absolute atomic E-state index is 0.510. The summed E-state index contributed by atoms with van der Waals surface area (Å²) in [7, 11) is 4.66. The van der Waals surface area contributed by atoms with Gasteiger partial charge in [0.15, 0.2) is 11.5 Å². The summed E-state index contributed by atoms with van der Waals surface area (Å²) in [5, 5.41) is 0. The SMILES string of the molecule is COc1cc(Oc2ccc(Oc3ccc(N)c(OC)c3)c(OC)c2)ccc1N. The number of rotatable bonds is 7. The lowest BCUT2D eigenvalue weighted by Crippen LogP contribution is -1.95. The zero-order chi connectivity index (χ0) is 20.1. The minimum Gasteiger partial charge on any atom is -0.494 e. The molecule has 0 aromatic heterocycles. The van der Waals surface area contributed by atoms with E-state index < -0.39 is 0 Å². The normalized spacial score (nSPS) is 10.2. The summed E-state index contributed by atoms with van der Waals surface area (Å²) < 4.78 is 27.6. The van der Waals surface area contributed by atoms with Crippen molar-refractivity contribution in [1.82, 2.24) is 0 Å². The predicted molar refractivity (Wildman–Crippen MR) is 108 cm³/mol. The Bertz CT molecular complexity index is 975. The van der Waals surface area contributed by atoms with Gasteiger partial charge in [0.1, 0.15) is 28.7 Å². The van der Waals surface area contributed by atoms with Crippen molar-refractivity contribution in [2.75, 3.05) is 32.8 Å². The second-order valence-electron chi connectivity index (χ2n) is 5.82. The van der Waals surface area contributed by atoms with Gasteiger partial charge in [0, 0.05) is 18.2 Å². The van der Waals surface area contributed by atoms with Crippen LogP contribution in [-0.2, 0) is 0 Å². The van der Waals surface area contributed by atoms with Crippen LogP contribution >= 0.6 is 0 Å². The molecule has 0 bridgehead atoms. The van der Waals surface area contributed by atoms with Crippen molar-refractivity contribution in [1.29, 1.82) is 0 Å². The van der Waals surface area contributed by atoms with E-state index in [-0.39, 0.29) is 0 Å². The van der Waals surface area contributed by atoms with E-state index in [1.165, 1.54) is 0 Å². The number of hydrogen-bond acceptors (Lipinski definition) is 7. The predicted octanol–water partition coefficient (Wildman–Crippen LogP) is 4.46. The number of methoxy groups -OCH3 is 3. The van der Waals surface area contributed by atoms with Crippen LogP contribution < -0.4 is 35.2 Å². The van der Waals surface area contributed by atoms with Gasteiger partial charge in [-0.25, -0.2) is 0 Å². The monoisotopic (exact) mass is 382 g/mol. The average molecular weight is 382 g/mol. The van der Waals surface area contributed by atoms with Crippen LogP contribution in [0.3, 0.4) is 0 Å². The number of anilines is 2. The Morgan fingerprint density at radius 3 is 1.43 bits per heavy atom. The maximum Gasteiger partial charge on any atom is 0.169 e. The van der Waals surface area contributed by atoms with E-state index in [9.17, 15) is 0 Å². The van der Waals surface area contributed by atoms with Gasteiger partial charge in [0.2, 0.25) is 0 Å². The van der Waals surface area contributed by atoms with Crippen molar-refractivity contribution < 1.29 is 23.7 Å². The van der Waals surface area contributed by atoms with E-state index in [0.29, 0.717) is 51.6 Å². The van der Waals surface area contributed by atoms with Crippen LogP contribution in [0.2, 0.25) is 0 Å². The van der Waals surface area contributed by atoms with Crippen LogP contribution in [0.1, 0.15) is 0 Å². The first-order chi connectivity index (χ1) is 13.5. The van der Waals surface area contributed by atoms with Crippen molar-refractivity contribution in [2.45, 2.75) is 0 Å². The van der Waals surface area contributed by atoms with Gasteiger partial charge in [-0.3, -0.25) is 0 Å². The number of ether oxygens (including phenoxy) is 5. The zero-order valence-electron chi connectivity index (χ0n) is 15.9. The highest BCUT2D eigenvalue weighted by Gasteiger charge is 2.11. The van der Waals surface area contributed by atoms with Crippen LogP contribution in [-0.4, -0.2) is 21.3 Å².